The van der Waals surface area contributed by atoms with E-state index in [1.54, 1.807) is 0 Å². The van der Waals surface area contributed by atoms with Gasteiger partial charge in [0.2, 0.25) is 0 Å². The van der Waals surface area contributed by atoms with Gasteiger partial charge in [0.15, 0.2) is 16.6 Å². The number of nitrogens with two attached hydrogens (primary N) is 1. The molecule has 1 aromatic rings. The maximum absolute atomic E-state index is 5.76. The number of nitrogen functional groups attached to an aromatic ring is 1. The van der Waals surface area contributed by atoms with Crippen LogP contribution < -0.4 is 15.8 Å². The minimum atomic E-state index is 0.109. The topological polar surface area (TPSA) is 60.2 Å². The summed E-state index contributed by atoms with van der Waals surface area (Å²) in [7, 11) is 0. The summed E-state index contributed by atoms with van der Waals surface area (Å²) < 4.78 is 9.73. The molecule has 0 saturated carbocycles. The van der Waals surface area contributed by atoms with Crippen molar-refractivity contribution in [3.63, 3.8) is 0 Å². The molecule has 6 heteroatoms. The number of rotatable bonds is 6. The van der Waals surface area contributed by atoms with Gasteiger partial charge in [-0.3, -0.25) is 0 Å². The summed E-state index contributed by atoms with van der Waals surface area (Å²) in [5.74, 6) is 1.16. The Hall–Kier alpha value is -0.620. The predicted octanol–water partition coefficient (Wildman–Crippen LogP) is 2.68. The third-order valence-corrected chi connectivity index (χ3v) is 3.75. The van der Waals surface area contributed by atoms with Crippen molar-refractivity contribution in [2.24, 2.45) is 0 Å². The maximum Gasteiger partial charge on any atom is 0.197 e. The van der Waals surface area contributed by atoms with Crippen molar-refractivity contribution in [3.8, 4) is 5.75 Å². The Balaban J connectivity index is 2.65. The van der Waals surface area contributed by atoms with Crippen LogP contribution in [0, 0.1) is 0 Å². The van der Waals surface area contributed by atoms with Gasteiger partial charge in [-0.25, -0.2) is 0 Å². The fourth-order valence-electron chi connectivity index (χ4n) is 1.08. The van der Waals surface area contributed by atoms with Gasteiger partial charge in [-0.05, 0) is 31.6 Å². The second-order valence-corrected chi connectivity index (χ2v) is 5.87. The van der Waals surface area contributed by atoms with Crippen LogP contribution >= 0.6 is 23.3 Å². The highest BCUT2D eigenvalue weighted by molar-refractivity contribution is 7.99. The highest BCUT2D eigenvalue weighted by atomic mass is 32.2. The molecule has 0 spiro atoms. The van der Waals surface area contributed by atoms with Gasteiger partial charge < -0.3 is 15.8 Å². The highest BCUT2D eigenvalue weighted by Gasteiger charge is 2.14. The van der Waals surface area contributed by atoms with E-state index in [2.05, 4.69) is 22.9 Å². The van der Waals surface area contributed by atoms with Gasteiger partial charge >= 0.3 is 0 Å². The van der Waals surface area contributed by atoms with E-state index in [9.17, 15) is 0 Å². The van der Waals surface area contributed by atoms with Crippen molar-refractivity contribution in [1.29, 1.82) is 0 Å². The van der Waals surface area contributed by atoms with Crippen LogP contribution in [0.4, 0.5) is 10.8 Å². The lowest BCUT2D eigenvalue weighted by Crippen LogP contribution is -2.14. The molecule has 1 unspecified atom stereocenters. The van der Waals surface area contributed by atoms with E-state index in [-0.39, 0.29) is 6.10 Å². The second kappa shape index (κ2) is 6.20. The summed E-state index contributed by atoms with van der Waals surface area (Å²) in [5, 5.41) is 4.79. The lowest BCUT2D eigenvalue weighted by molar-refractivity contribution is 0.245. The molecular formula is C10H19N3OS2. The average molecular weight is 261 g/mol. The second-order valence-electron chi connectivity index (χ2n) is 3.82. The van der Waals surface area contributed by atoms with Crippen molar-refractivity contribution in [2.75, 3.05) is 23.9 Å². The standard InChI is InChI=1S/C10H19N3OS2/c1-6(2)14-8-9(11)13-16-10(8)12-5-7(3)15-4/h6-7,12H,5H2,1-4H3,(H2,11,13). The Morgan fingerprint density at radius 3 is 2.75 bits per heavy atom. The van der Waals surface area contributed by atoms with Gasteiger partial charge in [-0.15, -0.1) is 0 Å². The minimum Gasteiger partial charge on any atom is -0.484 e. The number of hydrogen-bond acceptors (Lipinski definition) is 6. The van der Waals surface area contributed by atoms with Crippen LogP contribution in [0.15, 0.2) is 0 Å². The van der Waals surface area contributed by atoms with E-state index < -0.39 is 0 Å². The monoisotopic (exact) mass is 261 g/mol. The summed E-state index contributed by atoms with van der Waals surface area (Å²) in [5.41, 5.74) is 5.76. The molecule has 0 aliphatic carbocycles. The molecule has 0 bridgehead atoms. The van der Waals surface area contributed by atoms with Gasteiger partial charge in [-0.2, -0.15) is 16.1 Å². The third kappa shape index (κ3) is 3.75. The number of aromatic nitrogens is 1. The van der Waals surface area contributed by atoms with Crippen LogP contribution in [-0.4, -0.2) is 28.5 Å². The van der Waals surface area contributed by atoms with Gasteiger partial charge in [0.25, 0.3) is 0 Å². The molecule has 92 valence electrons. The van der Waals surface area contributed by atoms with Gasteiger partial charge in [0.05, 0.1) is 6.10 Å². The zero-order valence-electron chi connectivity index (χ0n) is 10.1. The predicted molar refractivity (Wildman–Crippen MR) is 73.8 cm³/mol. The van der Waals surface area contributed by atoms with Gasteiger partial charge in [0, 0.05) is 11.8 Å². The number of ether oxygens (including phenoxy) is 1. The average Bonchev–Trinajstić information content (AvgIpc) is 2.56. The fraction of sp³-hybridized carbons (Fsp3) is 0.700. The minimum absolute atomic E-state index is 0.109. The molecule has 0 aliphatic rings. The molecule has 0 aromatic carbocycles. The number of anilines is 2. The Morgan fingerprint density at radius 2 is 2.19 bits per heavy atom. The number of thioether (sulfide) groups is 1. The number of nitrogens with zero attached hydrogens (tertiary/aromatic N) is 1. The summed E-state index contributed by atoms with van der Waals surface area (Å²) >= 11 is 3.17. The molecule has 1 rings (SSSR count). The first-order valence-corrected chi connectivity index (χ1v) is 7.29. The number of nitrogens with one attached hydrogen (secondary N) is 1. The Morgan fingerprint density at radius 1 is 1.50 bits per heavy atom. The van der Waals surface area contributed by atoms with Crippen LogP contribution in [-0.2, 0) is 0 Å². The third-order valence-electron chi connectivity index (χ3n) is 1.98. The van der Waals surface area contributed by atoms with Crippen LogP contribution in [0.25, 0.3) is 0 Å². The smallest absolute Gasteiger partial charge is 0.197 e. The van der Waals surface area contributed by atoms with E-state index in [4.69, 9.17) is 10.5 Å². The van der Waals surface area contributed by atoms with E-state index in [0.717, 1.165) is 11.5 Å². The normalized spacial score (nSPS) is 12.8. The summed E-state index contributed by atoms with van der Waals surface area (Å²) in [6, 6.07) is 0. The Kier molecular flexibility index (Phi) is 5.21. The van der Waals surface area contributed by atoms with Crippen molar-refractivity contribution < 1.29 is 4.74 Å². The van der Waals surface area contributed by atoms with Crippen LogP contribution in [0.3, 0.4) is 0 Å². The lowest BCUT2D eigenvalue weighted by atomic mass is 10.4. The zero-order valence-corrected chi connectivity index (χ0v) is 11.7. The summed E-state index contributed by atoms with van der Waals surface area (Å²) in [4.78, 5) is 0. The van der Waals surface area contributed by atoms with Crippen molar-refractivity contribution in [2.45, 2.75) is 32.1 Å². The molecule has 0 radical (unpaired) electrons. The first-order chi connectivity index (χ1) is 7.54. The summed E-state index contributed by atoms with van der Waals surface area (Å²) in [6.45, 7) is 7.01. The van der Waals surface area contributed by atoms with Gasteiger partial charge in [-0.1, -0.05) is 6.92 Å². The largest absolute Gasteiger partial charge is 0.484 e. The number of hydrogen-bond donors (Lipinski definition) is 2. The van der Waals surface area contributed by atoms with E-state index in [0.29, 0.717) is 16.8 Å². The Bertz CT molecular complexity index is 328. The molecule has 0 amide bonds. The van der Waals surface area contributed by atoms with E-state index >= 15 is 0 Å². The first-order valence-electron chi connectivity index (χ1n) is 5.23. The molecule has 0 saturated heterocycles. The van der Waals surface area contributed by atoms with Crippen LogP contribution in [0.1, 0.15) is 20.8 Å². The molecule has 1 atom stereocenters. The SMILES string of the molecule is CSC(C)CNc1snc(N)c1OC(C)C. The molecule has 1 aromatic heterocycles. The van der Waals surface area contributed by atoms with E-state index in [1.165, 1.54) is 11.5 Å². The van der Waals surface area contributed by atoms with E-state index in [1.807, 2.05) is 25.6 Å². The lowest BCUT2D eigenvalue weighted by Gasteiger charge is -2.13. The molecule has 0 aliphatic heterocycles. The molecule has 4 nitrogen and oxygen atoms in total. The zero-order chi connectivity index (χ0) is 12.1. The quantitative estimate of drug-likeness (QED) is 0.824. The fourth-order valence-corrected chi connectivity index (χ4v) is 1.98. The van der Waals surface area contributed by atoms with Crippen molar-refractivity contribution >= 4 is 34.1 Å². The molecule has 3 N–H and O–H groups in total. The molecule has 16 heavy (non-hydrogen) atoms. The van der Waals surface area contributed by atoms with Crippen LogP contribution in [0.2, 0.25) is 0 Å². The van der Waals surface area contributed by atoms with Crippen molar-refractivity contribution in [3.05, 3.63) is 0 Å². The molecule has 1 heterocycles. The maximum atomic E-state index is 5.76. The highest BCUT2D eigenvalue weighted by Crippen LogP contribution is 2.35. The van der Waals surface area contributed by atoms with Crippen molar-refractivity contribution in [1.82, 2.24) is 4.37 Å². The Labute approximate surface area is 105 Å². The van der Waals surface area contributed by atoms with Crippen LogP contribution in [0.5, 0.6) is 5.75 Å². The summed E-state index contributed by atoms with van der Waals surface area (Å²) in [6.07, 6.45) is 2.20. The molecule has 0 fully saturated rings. The first kappa shape index (κ1) is 13.4. The van der Waals surface area contributed by atoms with Gasteiger partial charge in [0.1, 0.15) is 0 Å². The molecular weight excluding hydrogens is 242 g/mol.